The van der Waals surface area contributed by atoms with Crippen LogP contribution in [-0.2, 0) is 9.59 Å². The fourth-order valence-corrected chi connectivity index (χ4v) is 1.76. The smallest absolute Gasteiger partial charge is 0.186 e. The minimum Gasteiger partial charge on any atom is -0.504 e. The van der Waals surface area contributed by atoms with Crippen LogP contribution in [0.3, 0.4) is 0 Å². The van der Waals surface area contributed by atoms with E-state index in [1.807, 2.05) is 0 Å². The third-order valence-electron chi connectivity index (χ3n) is 3.24. The predicted molar refractivity (Wildman–Crippen MR) is 79.9 cm³/mol. The number of phenolic OH excluding ortho intramolecular Hbond substituents is 2. The third-order valence-corrected chi connectivity index (χ3v) is 3.24. The van der Waals surface area contributed by atoms with Crippen LogP contribution in [-0.4, -0.2) is 78.3 Å². The molecule has 1 aromatic carbocycles. The molecule has 0 saturated heterocycles. The zero-order valence-electron chi connectivity index (χ0n) is 12.3. The first kappa shape index (κ1) is 19.7. The van der Waals surface area contributed by atoms with Gasteiger partial charge in [-0.15, -0.1) is 0 Å². The van der Waals surface area contributed by atoms with Crippen molar-refractivity contribution in [3.05, 3.63) is 29.8 Å². The van der Waals surface area contributed by atoms with Gasteiger partial charge in [0.2, 0.25) is 0 Å². The van der Waals surface area contributed by atoms with E-state index in [2.05, 4.69) is 0 Å². The molecule has 0 saturated carbocycles. The standard InChI is InChI=1S/C15H18O9/c16-6-11(20)13(22)15(24)14(23)12(21)9(18)4-2-7-1-3-8(17)10(19)5-7/h1-6,11-15,17,19-24H/b4-2+/t11-,12?,13+,14+,15+/m0/s1. The Morgan fingerprint density at radius 3 is 2.08 bits per heavy atom. The second-order valence-corrected chi connectivity index (χ2v) is 5.03. The number of aromatic hydroxyl groups is 2. The lowest BCUT2D eigenvalue weighted by Crippen LogP contribution is -2.51. The van der Waals surface area contributed by atoms with Crippen molar-refractivity contribution in [1.29, 1.82) is 0 Å². The second-order valence-electron chi connectivity index (χ2n) is 5.03. The Morgan fingerprint density at radius 1 is 0.917 bits per heavy atom. The molecule has 0 aliphatic carbocycles. The molecule has 0 amide bonds. The molecule has 9 heteroatoms. The van der Waals surface area contributed by atoms with Crippen molar-refractivity contribution >= 4 is 18.1 Å². The number of hydrogen-bond donors (Lipinski definition) is 7. The number of carbonyl (C=O) groups is 2. The summed E-state index contributed by atoms with van der Waals surface area (Å²) in [5.74, 6) is -1.83. The van der Waals surface area contributed by atoms with Crippen molar-refractivity contribution in [3.8, 4) is 11.5 Å². The molecule has 0 aromatic heterocycles. The maximum absolute atomic E-state index is 11.7. The maximum Gasteiger partial charge on any atom is 0.186 e. The van der Waals surface area contributed by atoms with Crippen LogP contribution in [0.25, 0.3) is 6.08 Å². The Labute approximate surface area is 136 Å². The molecule has 1 rings (SSSR count). The van der Waals surface area contributed by atoms with Crippen LogP contribution in [0.5, 0.6) is 11.5 Å². The number of carbonyl (C=O) groups excluding carboxylic acids is 2. The highest BCUT2D eigenvalue weighted by Crippen LogP contribution is 2.25. The average Bonchev–Trinajstić information content (AvgIpc) is 2.58. The quantitative estimate of drug-likeness (QED) is 0.155. The summed E-state index contributed by atoms with van der Waals surface area (Å²) >= 11 is 0. The molecular weight excluding hydrogens is 324 g/mol. The van der Waals surface area contributed by atoms with Gasteiger partial charge in [-0.1, -0.05) is 12.1 Å². The van der Waals surface area contributed by atoms with Crippen LogP contribution in [0.2, 0.25) is 0 Å². The van der Waals surface area contributed by atoms with Gasteiger partial charge in [0.15, 0.2) is 23.6 Å². The summed E-state index contributed by atoms with van der Waals surface area (Å²) in [5, 5.41) is 65.7. The number of ketones is 1. The number of aliphatic hydroxyl groups is 5. The third kappa shape index (κ3) is 4.85. The van der Waals surface area contributed by atoms with E-state index in [4.69, 9.17) is 10.2 Å². The van der Waals surface area contributed by atoms with E-state index in [1.54, 1.807) is 0 Å². The molecule has 0 aliphatic rings. The van der Waals surface area contributed by atoms with Gasteiger partial charge in [-0.25, -0.2) is 0 Å². The number of aliphatic hydroxyl groups excluding tert-OH is 5. The fraction of sp³-hybridized carbons (Fsp3) is 0.333. The lowest BCUT2D eigenvalue weighted by Gasteiger charge is -2.26. The van der Waals surface area contributed by atoms with Gasteiger partial charge in [-0.2, -0.15) is 0 Å². The number of benzene rings is 1. The van der Waals surface area contributed by atoms with Crippen molar-refractivity contribution in [2.45, 2.75) is 30.5 Å². The molecule has 1 unspecified atom stereocenters. The van der Waals surface area contributed by atoms with Gasteiger partial charge in [-0.05, 0) is 23.8 Å². The van der Waals surface area contributed by atoms with Crippen LogP contribution < -0.4 is 0 Å². The second kappa shape index (κ2) is 8.52. The Balaban J connectivity index is 2.77. The zero-order valence-corrected chi connectivity index (χ0v) is 12.3. The fourth-order valence-electron chi connectivity index (χ4n) is 1.76. The topological polar surface area (TPSA) is 176 Å². The Kier molecular flexibility index (Phi) is 7.01. The van der Waals surface area contributed by atoms with E-state index in [0.29, 0.717) is 5.56 Å². The molecule has 5 atom stereocenters. The molecule has 0 spiro atoms. The van der Waals surface area contributed by atoms with Crippen LogP contribution in [0.1, 0.15) is 5.56 Å². The lowest BCUT2D eigenvalue weighted by molar-refractivity contribution is -0.152. The van der Waals surface area contributed by atoms with Crippen LogP contribution in [0, 0.1) is 0 Å². The highest BCUT2D eigenvalue weighted by atomic mass is 16.4. The molecule has 1 aromatic rings. The first-order valence-electron chi connectivity index (χ1n) is 6.78. The zero-order chi connectivity index (χ0) is 18.4. The summed E-state index contributed by atoms with van der Waals surface area (Å²) in [6.45, 7) is 0. The SMILES string of the molecule is O=C[C@H](O)[C@@H](O)[C@@H](O)[C@H](O)C(O)C(=O)/C=C/c1ccc(O)c(O)c1. The molecule has 0 fully saturated rings. The lowest BCUT2D eigenvalue weighted by atomic mass is 9.97. The first-order valence-corrected chi connectivity index (χ1v) is 6.78. The maximum atomic E-state index is 11.7. The number of hydrogen-bond acceptors (Lipinski definition) is 9. The highest BCUT2D eigenvalue weighted by Gasteiger charge is 2.36. The van der Waals surface area contributed by atoms with Gasteiger partial charge >= 0.3 is 0 Å². The summed E-state index contributed by atoms with van der Waals surface area (Å²) in [6.07, 6.45) is -8.57. The van der Waals surface area contributed by atoms with Crippen molar-refractivity contribution in [3.63, 3.8) is 0 Å². The molecule has 132 valence electrons. The number of rotatable bonds is 8. The van der Waals surface area contributed by atoms with Gasteiger partial charge in [-0.3, -0.25) is 4.79 Å². The molecule has 7 N–H and O–H groups in total. The summed E-state index contributed by atoms with van der Waals surface area (Å²) < 4.78 is 0. The predicted octanol–water partition coefficient (Wildman–Crippen LogP) is -2.32. The minimum atomic E-state index is -2.15. The Morgan fingerprint density at radius 2 is 1.54 bits per heavy atom. The summed E-state index contributed by atoms with van der Waals surface area (Å²) in [6, 6.07) is 3.67. The Bertz CT molecular complexity index is 613. The van der Waals surface area contributed by atoms with Gasteiger partial charge in [0, 0.05) is 0 Å². The summed E-state index contributed by atoms with van der Waals surface area (Å²) in [5.41, 5.74) is 0.303. The van der Waals surface area contributed by atoms with E-state index >= 15 is 0 Å². The van der Waals surface area contributed by atoms with E-state index in [0.717, 1.165) is 12.1 Å². The molecule has 0 aliphatic heterocycles. The van der Waals surface area contributed by atoms with E-state index < -0.39 is 42.1 Å². The van der Waals surface area contributed by atoms with Gasteiger partial charge in [0.25, 0.3) is 0 Å². The summed E-state index contributed by atoms with van der Waals surface area (Å²) in [4.78, 5) is 22.0. The molecule has 0 radical (unpaired) electrons. The first-order chi connectivity index (χ1) is 11.2. The van der Waals surface area contributed by atoms with Crippen molar-refractivity contribution in [2.24, 2.45) is 0 Å². The molecular formula is C15H18O9. The van der Waals surface area contributed by atoms with E-state index in [1.165, 1.54) is 18.2 Å². The van der Waals surface area contributed by atoms with Crippen LogP contribution in [0.4, 0.5) is 0 Å². The number of phenols is 2. The molecule has 24 heavy (non-hydrogen) atoms. The average molecular weight is 342 g/mol. The largest absolute Gasteiger partial charge is 0.504 e. The minimum absolute atomic E-state index is 0.0774. The van der Waals surface area contributed by atoms with Gasteiger partial charge < -0.3 is 40.5 Å². The molecule has 9 nitrogen and oxygen atoms in total. The molecule has 0 bridgehead atoms. The normalized spacial score (nSPS) is 17.9. The highest BCUT2D eigenvalue weighted by molar-refractivity contribution is 5.97. The van der Waals surface area contributed by atoms with Crippen molar-refractivity contribution in [1.82, 2.24) is 0 Å². The van der Waals surface area contributed by atoms with E-state index in [9.17, 15) is 35.1 Å². The van der Waals surface area contributed by atoms with Gasteiger partial charge in [0.1, 0.15) is 30.5 Å². The molecule has 0 heterocycles. The van der Waals surface area contributed by atoms with Crippen LogP contribution >= 0.6 is 0 Å². The Hall–Kier alpha value is -2.30. The number of aldehydes is 1. The van der Waals surface area contributed by atoms with Crippen molar-refractivity contribution in [2.75, 3.05) is 0 Å². The van der Waals surface area contributed by atoms with Gasteiger partial charge in [0.05, 0.1) is 0 Å². The monoisotopic (exact) mass is 342 g/mol. The van der Waals surface area contributed by atoms with E-state index in [-0.39, 0.29) is 12.0 Å². The summed E-state index contributed by atoms with van der Waals surface area (Å²) in [7, 11) is 0. The van der Waals surface area contributed by atoms with Crippen LogP contribution in [0.15, 0.2) is 24.3 Å². The van der Waals surface area contributed by atoms with Crippen molar-refractivity contribution < 1.29 is 45.3 Å².